The Balaban J connectivity index is 2.43. The summed E-state index contributed by atoms with van der Waals surface area (Å²) in [6.45, 7) is 2.99. The summed E-state index contributed by atoms with van der Waals surface area (Å²) in [7, 11) is 0. The maximum absolute atomic E-state index is 11.6. The van der Waals surface area contributed by atoms with E-state index in [1.807, 2.05) is 43.3 Å². The average molecular weight is 217 g/mol. The Labute approximate surface area is 95.5 Å². The fourth-order valence-corrected chi connectivity index (χ4v) is 1.30. The summed E-state index contributed by atoms with van der Waals surface area (Å²) in [5.74, 6) is 0. The molecule has 0 aromatic heterocycles. The van der Waals surface area contributed by atoms with E-state index < -0.39 is 0 Å². The van der Waals surface area contributed by atoms with E-state index in [0.717, 1.165) is 5.56 Å². The van der Waals surface area contributed by atoms with Crippen LogP contribution in [-0.4, -0.2) is 24.0 Å². The predicted octanol–water partition coefficient (Wildman–Crippen LogP) is 1.74. The minimum Gasteiger partial charge on any atom is -0.334 e. The van der Waals surface area contributed by atoms with E-state index in [1.54, 1.807) is 0 Å². The first-order chi connectivity index (χ1) is 7.77. The van der Waals surface area contributed by atoms with Gasteiger partial charge in [0.25, 0.3) is 0 Å². The van der Waals surface area contributed by atoms with Gasteiger partial charge in [-0.15, -0.1) is 0 Å². The molecule has 1 N–H and O–H groups in total. The van der Waals surface area contributed by atoms with E-state index in [9.17, 15) is 4.79 Å². The van der Waals surface area contributed by atoms with Gasteiger partial charge in [0, 0.05) is 13.1 Å². The minimum absolute atomic E-state index is 0.122. The third-order valence-electron chi connectivity index (χ3n) is 2.22. The van der Waals surface area contributed by atoms with Crippen LogP contribution in [0.1, 0.15) is 12.5 Å². The van der Waals surface area contributed by atoms with Crippen molar-refractivity contribution in [3.63, 3.8) is 0 Å². The summed E-state index contributed by atoms with van der Waals surface area (Å²) in [4.78, 5) is 13.1. The average Bonchev–Trinajstić information content (AvgIpc) is 2.34. The minimum atomic E-state index is -0.201. The molecule has 0 fully saturated rings. The fourth-order valence-electron chi connectivity index (χ4n) is 1.30. The highest BCUT2D eigenvalue weighted by atomic mass is 16.2. The lowest BCUT2D eigenvalue weighted by molar-refractivity contribution is 0.206. The number of nitrogens with zero attached hydrogens (tertiary/aromatic N) is 2. The van der Waals surface area contributed by atoms with Crippen LogP contribution in [0.4, 0.5) is 4.79 Å². The quantitative estimate of drug-likeness (QED) is 0.781. The Morgan fingerprint density at radius 2 is 2.12 bits per heavy atom. The fraction of sp³-hybridized carbons (Fsp3) is 0.333. The Morgan fingerprint density at radius 1 is 1.44 bits per heavy atom. The summed E-state index contributed by atoms with van der Waals surface area (Å²) < 4.78 is 0. The van der Waals surface area contributed by atoms with E-state index in [2.05, 4.69) is 5.32 Å². The van der Waals surface area contributed by atoms with Crippen molar-refractivity contribution in [3.05, 3.63) is 35.9 Å². The molecule has 0 unspecified atom stereocenters. The number of urea groups is 1. The molecule has 0 atom stereocenters. The lowest BCUT2D eigenvalue weighted by Crippen LogP contribution is -2.39. The summed E-state index contributed by atoms with van der Waals surface area (Å²) in [5, 5.41) is 11.3. The smallest absolute Gasteiger partial charge is 0.318 e. The highest BCUT2D eigenvalue weighted by Crippen LogP contribution is 1.98. The number of benzene rings is 1. The van der Waals surface area contributed by atoms with Crippen molar-refractivity contribution in [1.29, 1.82) is 5.26 Å². The normalized spacial score (nSPS) is 9.25. The zero-order valence-corrected chi connectivity index (χ0v) is 9.31. The molecule has 0 radical (unpaired) electrons. The van der Waals surface area contributed by atoms with E-state index in [0.29, 0.717) is 13.1 Å². The number of carbonyl (C=O) groups excluding carboxylic acids is 1. The molecule has 0 bridgehead atoms. The first-order valence-electron chi connectivity index (χ1n) is 5.21. The van der Waals surface area contributed by atoms with E-state index >= 15 is 0 Å². The van der Waals surface area contributed by atoms with Crippen LogP contribution >= 0.6 is 0 Å². The summed E-state index contributed by atoms with van der Waals surface area (Å²) in [6, 6.07) is 11.4. The van der Waals surface area contributed by atoms with Crippen LogP contribution in [0, 0.1) is 11.3 Å². The summed E-state index contributed by atoms with van der Waals surface area (Å²) in [6.07, 6.45) is 0. The largest absolute Gasteiger partial charge is 0.334 e. The molecule has 4 heteroatoms. The summed E-state index contributed by atoms with van der Waals surface area (Å²) in [5.41, 5.74) is 1.05. The van der Waals surface area contributed by atoms with Crippen LogP contribution in [0.3, 0.4) is 0 Å². The number of carbonyl (C=O) groups is 1. The van der Waals surface area contributed by atoms with E-state index in [1.165, 1.54) is 4.90 Å². The highest BCUT2D eigenvalue weighted by molar-refractivity contribution is 5.74. The molecule has 2 amide bonds. The number of hydrogen-bond acceptors (Lipinski definition) is 2. The zero-order chi connectivity index (χ0) is 11.8. The van der Waals surface area contributed by atoms with E-state index in [-0.39, 0.29) is 12.6 Å². The predicted molar refractivity (Wildman–Crippen MR) is 61.5 cm³/mol. The van der Waals surface area contributed by atoms with Crippen LogP contribution in [0.25, 0.3) is 0 Å². The third-order valence-corrected chi connectivity index (χ3v) is 2.22. The van der Waals surface area contributed by atoms with Crippen LogP contribution in [0.15, 0.2) is 30.3 Å². The molecule has 1 aromatic carbocycles. The van der Waals surface area contributed by atoms with Gasteiger partial charge in [0.15, 0.2) is 0 Å². The number of amides is 2. The Hall–Kier alpha value is -2.02. The number of hydrogen-bond donors (Lipinski definition) is 1. The molecular weight excluding hydrogens is 202 g/mol. The van der Waals surface area contributed by atoms with Crippen molar-refractivity contribution in [3.8, 4) is 6.07 Å². The van der Waals surface area contributed by atoms with Crippen molar-refractivity contribution in [2.75, 3.05) is 13.1 Å². The zero-order valence-electron chi connectivity index (χ0n) is 9.31. The SMILES string of the molecule is CCN(CC#N)C(=O)NCc1ccccc1. The van der Waals surface area contributed by atoms with Crippen molar-refractivity contribution in [2.45, 2.75) is 13.5 Å². The maximum Gasteiger partial charge on any atom is 0.318 e. The molecule has 16 heavy (non-hydrogen) atoms. The first-order valence-corrected chi connectivity index (χ1v) is 5.21. The Kier molecular flexibility index (Phi) is 4.87. The lowest BCUT2D eigenvalue weighted by atomic mass is 10.2. The van der Waals surface area contributed by atoms with Gasteiger partial charge in [-0.25, -0.2) is 4.79 Å². The second-order valence-electron chi connectivity index (χ2n) is 3.32. The van der Waals surface area contributed by atoms with Crippen LogP contribution in [-0.2, 0) is 6.54 Å². The molecule has 84 valence electrons. The molecule has 0 saturated heterocycles. The van der Waals surface area contributed by atoms with Gasteiger partial charge in [-0.3, -0.25) is 0 Å². The highest BCUT2D eigenvalue weighted by Gasteiger charge is 2.09. The summed E-state index contributed by atoms with van der Waals surface area (Å²) >= 11 is 0. The van der Waals surface area contributed by atoms with Crippen molar-refractivity contribution >= 4 is 6.03 Å². The van der Waals surface area contributed by atoms with Crippen LogP contribution < -0.4 is 5.32 Å². The Morgan fingerprint density at radius 3 is 2.69 bits per heavy atom. The molecular formula is C12H15N3O. The van der Waals surface area contributed by atoms with Gasteiger partial charge in [-0.1, -0.05) is 30.3 Å². The molecule has 0 saturated carbocycles. The number of nitrogens with one attached hydrogen (secondary N) is 1. The van der Waals surface area contributed by atoms with Crippen molar-refractivity contribution in [2.24, 2.45) is 0 Å². The Bertz CT molecular complexity index is 370. The van der Waals surface area contributed by atoms with Gasteiger partial charge >= 0.3 is 6.03 Å². The van der Waals surface area contributed by atoms with Gasteiger partial charge in [0.1, 0.15) is 6.54 Å². The molecule has 0 spiro atoms. The van der Waals surface area contributed by atoms with Gasteiger partial charge in [0.05, 0.1) is 6.07 Å². The first kappa shape index (κ1) is 12.1. The topological polar surface area (TPSA) is 56.1 Å². The monoisotopic (exact) mass is 217 g/mol. The van der Waals surface area contributed by atoms with Gasteiger partial charge in [0.2, 0.25) is 0 Å². The lowest BCUT2D eigenvalue weighted by Gasteiger charge is -2.17. The van der Waals surface area contributed by atoms with Gasteiger partial charge in [-0.2, -0.15) is 5.26 Å². The van der Waals surface area contributed by atoms with Crippen LogP contribution in [0.5, 0.6) is 0 Å². The molecule has 4 nitrogen and oxygen atoms in total. The molecule has 0 aliphatic heterocycles. The number of nitriles is 1. The maximum atomic E-state index is 11.6. The molecule has 0 heterocycles. The third kappa shape index (κ3) is 3.62. The van der Waals surface area contributed by atoms with Crippen LogP contribution in [0.2, 0.25) is 0 Å². The van der Waals surface area contributed by atoms with E-state index in [4.69, 9.17) is 5.26 Å². The standard InChI is InChI=1S/C12H15N3O/c1-2-15(9-8-13)12(16)14-10-11-6-4-3-5-7-11/h3-7H,2,9-10H2,1H3,(H,14,16). The van der Waals surface area contributed by atoms with Gasteiger partial charge < -0.3 is 10.2 Å². The molecule has 0 aliphatic rings. The van der Waals surface area contributed by atoms with Crippen molar-refractivity contribution < 1.29 is 4.79 Å². The molecule has 1 aromatic rings. The van der Waals surface area contributed by atoms with Gasteiger partial charge in [-0.05, 0) is 12.5 Å². The molecule has 0 aliphatic carbocycles. The second-order valence-corrected chi connectivity index (χ2v) is 3.32. The second kappa shape index (κ2) is 6.46. The van der Waals surface area contributed by atoms with Crippen molar-refractivity contribution in [1.82, 2.24) is 10.2 Å². The number of rotatable bonds is 4. The molecule has 1 rings (SSSR count).